The number of aromatic nitrogens is 4. The fraction of sp³-hybridized carbons (Fsp3) is 0.300. The second kappa shape index (κ2) is 11.8. The molecule has 3 aliphatic rings. The molecule has 3 aromatic rings. The van der Waals surface area contributed by atoms with Crippen LogP contribution in [0.3, 0.4) is 0 Å². The monoisotopic (exact) mass is 554 g/mol. The van der Waals surface area contributed by atoms with Gasteiger partial charge in [-0.05, 0) is 63.1 Å². The van der Waals surface area contributed by atoms with E-state index in [2.05, 4.69) is 48.6 Å². The molecule has 6 rings (SSSR count). The maximum Gasteiger partial charge on any atom is 0.233 e. The number of hydrogen-bond donors (Lipinski definition) is 2. The summed E-state index contributed by atoms with van der Waals surface area (Å²) < 4.78 is 14.6. The summed E-state index contributed by atoms with van der Waals surface area (Å²) in [6.07, 6.45) is 9.83. The topological polar surface area (TPSA) is 127 Å². The largest absolute Gasteiger partial charge is 0.402 e. The number of allylic oxidation sites excluding steroid dienone is 3. The van der Waals surface area contributed by atoms with Gasteiger partial charge in [0.2, 0.25) is 5.95 Å². The Morgan fingerprint density at radius 3 is 2.34 bits per heavy atom. The highest BCUT2D eigenvalue weighted by atomic mass is 19.1. The molecule has 3 saturated heterocycles. The highest BCUT2D eigenvalue weighted by Gasteiger charge is 2.44. The lowest BCUT2D eigenvalue weighted by Crippen LogP contribution is -2.68. The molecule has 2 bridgehead atoms. The normalized spacial score (nSPS) is 20.2. The molecule has 2 atom stereocenters. The molecule has 41 heavy (non-hydrogen) atoms. The Labute approximate surface area is 239 Å². The first-order chi connectivity index (χ1) is 19.6. The van der Waals surface area contributed by atoms with Crippen LogP contribution < -0.4 is 16.4 Å². The Balaban J connectivity index is 1.16. The Kier molecular flexibility index (Phi) is 8.06. The second-order valence-electron chi connectivity index (χ2n) is 10.5. The van der Waals surface area contributed by atoms with Crippen molar-refractivity contribution in [1.82, 2.24) is 24.6 Å². The van der Waals surface area contributed by atoms with E-state index in [-0.39, 0.29) is 0 Å². The molecular weight excluding hydrogens is 519 g/mol. The van der Waals surface area contributed by atoms with Crippen molar-refractivity contribution in [1.29, 1.82) is 0 Å². The molecule has 3 aliphatic heterocycles. The predicted octanol–water partition coefficient (Wildman–Crippen LogP) is 3.71. The van der Waals surface area contributed by atoms with Gasteiger partial charge in [0.1, 0.15) is 11.7 Å². The van der Waals surface area contributed by atoms with E-state index < -0.39 is 5.95 Å². The van der Waals surface area contributed by atoms with Crippen LogP contribution in [0.25, 0.3) is 5.82 Å². The zero-order chi connectivity index (χ0) is 29.1. The molecule has 212 valence electrons. The minimum atomic E-state index is -0.518. The molecule has 11 heteroatoms. The first-order valence-electron chi connectivity index (χ1n) is 13.5. The minimum absolute atomic E-state index is 0.300. The summed E-state index contributed by atoms with van der Waals surface area (Å²) in [5.74, 6) is 1.36. The number of fused-ring (bicyclic) bond motifs is 2. The van der Waals surface area contributed by atoms with Crippen LogP contribution in [0.5, 0.6) is 0 Å². The Hall–Kier alpha value is -4.64. The average molecular weight is 555 g/mol. The second-order valence-corrected chi connectivity index (χ2v) is 10.5. The van der Waals surface area contributed by atoms with Crippen molar-refractivity contribution in [3.63, 3.8) is 0 Å². The lowest BCUT2D eigenvalue weighted by Gasteiger charge is -2.56. The van der Waals surface area contributed by atoms with Gasteiger partial charge in [0.15, 0.2) is 5.82 Å². The summed E-state index contributed by atoms with van der Waals surface area (Å²) in [4.78, 5) is 23.0. The lowest BCUT2D eigenvalue weighted by molar-refractivity contribution is -0.00875. The summed E-state index contributed by atoms with van der Waals surface area (Å²) in [7, 11) is 0. The third kappa shape index (κ3) is 6.75. The lowest BCUT2D eigenvalue weighted by atomic mass is 9.87. The van der Waals surface area contributed by atoms with E-state index in [9.17, 15) is 4.39 Å². The van der Waals surface area contributed by atoms with Crippen molar-refractivity contribution in [2.24, 2.45) is 21.5 Å². The van der Waals surface area contributed by atoms with Crippen molar-refractivity contribution in [2.75, 3.05) is 18.0 Å². The molecule has 10 nitrogen and oxygen atoms in total. The Morgan fingerprint density at radius 1 is 1.00 bits per heavy atom. The number of piperazine rings is 1. The van der Waals surface area contributed by atoms with Gasteiger partial charge >= 0.3 is 0 Å². The first-order valence-corrected chi connectivity index (χ1v) is 13.5. The Morgan fingerprint density at radius 2 is 1.73 bits per heavy atom. The standard InChI is InChI=1S/C30H35FN10/c1-19(32)11-28(33)37-21(3)12-20(2)36-22(4)24-6-8-29(35-15-24)39-17-25-13-26(18-39)40(25)16-23-5-7-30(34-14-23)41-10-9-27(31)38-41/h5-12,14-15,25-26H,3,13,16-18,32H2,1-2,4H3,(H2,33,37)/b19-11-,20-12-,36-22?. The van der Waals surface area contributed by atoms with Gasteiger partial charge in [-0.3, -0.25) is 9.89 Å². The maximum absolute atomic E-state index is 13.2. The number of nitrogens with two attached hydrogens (primary N) is 2. The van der Waals surface area contributed by atoms with Crippen LogP contribution in [0.1, 0.15) is 38.3 Å². The number of hydrogen-bond acceptors (Lipinski definition) is 8. The van der Waals surface area contributed by atoms with Crippen molar-refractivity contribution in [3.8, 4) is 5.82 Å². The van der Waals surface area contributed by atoms with Crippen molar-refractivity contribution in [2.45, 2.75) is 45.8 Å². The van der Waals surface area contributed by atoms with Gasteiger partial charge < -0.3 is 16.4 Å². The molecule has 0 amide bonds. The molecular formula is C30H35FN10. The number of pyridine rings is 2. The third-order valence-electron chi connectivity index (χ3n) is 7.17. The number of nitrogens with zero attached hydrogens (tertiary/aromatic N) is 8. The highest BCUT2D eigenvalue weighted by molar-refractivity contribution is 5.99. The van der Waals surface area contributed by atoms with E-state index >= 15 is 0 Å². The smallest absolute Gasteiger partial charge is 0.233 e. The molecule has 0 radical (unpaired) electrons. The SMILES string of the molecule is C=C(/C=C(/C)N=C(C)c1ccc(N2CC3CC(C2)N3Cc2ccc(-n3ccc(F)n3)nc2)nc1)N=C(N)/C=C(/C)N. The summed E-state index contributed by atoms with van der Waals surface area (Å²) in [5.41, 5.74) is 16.2. The zero-order valence-electron chi connectivity index (χ0n) is 23.6. The summed E-state index contributed by atoms with van der Waals surface area (Å²) >= 11 is 0. The Bertz CT molecular complexity index is 1520. The van der Waals surface area contributed by atoms with Gasteiger partial charge in [0.25, 0.3) is 0 Å². The van der Waals surface area contributed by atoms with E-state index in [1.807, 2.05) is 38.4 Å². The third-order valence-corrected chi connectivity index (χ3v) is 7.17. The van der Waals surface area contributed by atoms with Gasteiger partial charge in [0.05, 0.1) is 5.70 Å². The minimum Gasteiger partial charge on any atom is -0.402 e. The van der Waals surface area contributed by atoms with Crippen LogP contribution >= 0.6 is 0 Å². The number of anilines is 1. The van der Waals surface area contributed by atoms with Gasteiger partial charge in [0, 0.05) is 79.0 Å². The van der Waals surface area contributed by atoms with Crippen molar-refractivity contribution >= 4 is 17.4 Å². The van der Waals surface area contributed by atoms with E-state index in [1.165, 1.54) is 17.2 Å². The summed E-state index contributed by atoms with van der Waals surface area (Å²) in [6, 6.07) is 10.3. The van der Waals surface area contributed by atoms with Crippen LogP contribution in [0.2, 0.25) is 0 Å². The number of amidine groups is 1. The number of piperidine rings is 1. The van der Waals surface area contributed by atoms with Gasteiger partial charge in [-0.1, -0.05) is 12.6 Å². The van der Waals surface area contributed by atoms with E-state index in [0.29, 0.717) is 35.1 Å². The molecule has 2 unspecified atom stereocenters. The molecule has 0 spiro atoms. The van der Waals surface area contributed by atoms with E-state index in [4.69, 9.17) is 16.5 Å². The van der Waals surface area contributed by atoms with Gasteiger partial charge in [-0.2, -0.15) is 4.39 Å². The summed E-state index contributed by atoms with van der Waals surface area (Å²) in [5, 5.41) is 3.78. The van der Waals surface area contributed by atoms with Crippen LogP contribution in [0.4, 0.5) is 10.2 Å². The maximum atomic E-state index is 13.2. The van der Waals surface area contributed by atoms with Gasteiger partial charge in [-0.25, -0.2) is 19.6 Å². The van der Waals surface area contributed by atoms with E-state index in [0.717, 1.165) is 48.0 Å². The molecule has 6 heterocycles. The quantitative estimate of drug-likeness (QED) is 0.235. The van der Waals surface area contributed by atoms with Crippen LogP contribution in [-0.4, -0.2) is 61.4 Å². The van der Waals surface area contributed by atoms with Crippen LogP contribution in [-0.2, 0) is 6.54 Å². The zero-order valence-corrected chi connectivity index (χ0v) is 23.6. The molecule has 0 saturated carbocycles. The molecule has 3 fully saturated rings. The fourth-order valence-electron chi connectivity index (χ4n) is 5.27. The number of aliphatic imine (C=N–C) groups is 2. The molecule has 3 aromatic heterocycles. The average Bonchev–Trinajstić information content (AvgIpc) is 3.37. The van der Waals surface area contributed by atoms with Crippen LogP contribution in [0, 0.1) is 5.95 Å². The van der Waals surface area contributed by atoms with Crippen molar-refractivity contribution in [3.05, 3.63) is 102 Å². The van der Waals surface area contributed by atoms with Crippen LogP contribution in [0.15, 0.2) is 94.7 Å². The highest BCUT2D eigenvalue weighted by Crippen LogP contribution is 2.35. The number of halogens is 1. The summed E-state index contributed by atoms with van der Waals surface area (Å²) in [6.45, 7) is 12.2. The fourth-order valence-corrected chi connectivity index (χ4v) is 5.27. The molecule has 4 N–H and O–H groups in total. The first kappa shape index (κ1) is 27.9. The molecule has 0 aliphatic carbocycles. The van der Waals surface area contributed by atoms with Crippen molar-refractivity contribution < 1.29 is 4.39 Å². The molecule has 0 aromatic carbocycles. The van der Waals surface area contributed by atoms with E-state index in [1.54, 1.807) is 25.3 Å². The number of rotatable bonds is 9. The predicted molar refractivity (Wildman–Crippen MR) is 160 cm³/mol. The van der Waals surface area contributed by atoms with Gasteiger partial charge in [-0.15, -0.1) is 5.10 Å².